The Labute approximate surface area is 102 Å². The second-order valence-electron chi connectivity index (χ2n) is 4.20. The molecule has 0 saturated carbocycles. The van der Waals surface area contributed by atoms with Crippen molar-refractivity contribution < 1.29 is 19.8 Å². The number of carboxylic acids is 1. The van der Waals surface area contributed by atoms with Gasteiger partial charge in [-0.25, -0.2) is 0 Å². The van der Waals surface area contributed by atoms with Crippen molar-refractivity contribution in [2.75, 3.05) is 20.2 Å². The Kier molecular flexibility index (Phi) is 9.43. The summed E-state index contributed by atoms with van der Waals surface area (Å²) in [5.41, 5.74) is 0. The number of hydrogen-bond acceptors (Lipinski definition) is 3. The van der Waals surface area contributed by atoms with E-state index in [-0.39, 0.29) is 18.9 Å². The molecule has 0 aromatic heterocycles. The highest BCUT2D eigenvalue weighted by Gasteiger charge is 2.08. The molecular formula is C12H23NO4. The van der Waals surface area contributed by atoms with Crippen LogP contribution in [0.25, 0.3) is 0 Å². The van der Waals surface area contributed by atoms with Crippen LogP contribution in [0.5, 0.6) is 0 Å². The Morgan fingerprint density at radius 2 is 1.65 bits per heavy atom. The zero-order chi connectivity index (χ0) is 13.1. The Bertz CT molecular complexity index is 231. The summed E-state index contributed by atoms with van der Waals surface area (Å²) in [5, 5.41) is 17.0. The SMILES string of the molecule is CN(CCCCCO)C(=O)CCCCC(=O)O. The normalized spacial score (nSPS) is 10.2. The van der Waals surface area contributed by atoms with Crippen molar-refractivity contribution in [2.24, 2.45) is 0 Å². The van der Waals surface area contributed by atoms with Gasteiger partial charge in [-0.05, 0) is 32.1 Å². The molecule has 0 spiro atoms. The summed E-state index contributed by atoms with van der Waals surface area (Å²) in [6.45, 7) is 0.907. The lowest BCUT2D eigenvalue weighted by molar-refractivity contribution is -0.137. The van der Waals surface area contributed by atoms with Crippen LogP contribution >= 0.6 is 0 Å². The molecule has 5 heteroatoms. The molecule has 0 heterocycles. The van der Waals surface area contributed by atoms with Gasteiger partial charge in [0.05, 0.1) is 0 Å². The van der Waals surface area contributed by atoms with Gasteiger partial charge >= 0.3 is 5.97 Å². The van der Waals surface area contributed by atoms with Gasteiger partial charge in [0.1, 0.15) is 0 Å². The molecule has 0 radical (unpaired) electrons. The molecule has 0 aliphatic carbocycles. The number of carbonyl (C=O) groups excluding carboxylic acids is 1. The predicted octanol–water partition coefficient (Wildman–Crippen LogP) is 1.25. The van der Waals surface area contributed by atoms with Crippen LogP contribution in [-0.4, -0.2) is 47.2 Å². The minimum atomic E-state index is -0.810. The van der Waals surface area contributed by atoms with Gasteiger partial charge in [0.2, 0.25) is 5.91 Å². The lowest BCUT2D eigenvalue weighted by Crippen LogP contribution is -2.27. The van der Waals surface area contributed by atoms with E-state index in [2.05, 4.69) is 0 Å². The van der Waals surface area contributed by atoms with E-state index in [0.717, 1.165) is 19.3 Å². The smallest absolute Gasteiger partial charge is 0.303 e. The van der Waals surface area contributed by atoms with Gasteiger partial charge in [0.25, 0.3) is 0 Å². The molecular weight excluding hydrogens is 222 g/mol. The Balaban J connectivity index is 3.50. The third kappa shape index (κ3) is 9.81. The van der Waals surface area contributed by atoms with Crippen LogP contribution in [0, 0.1) is 0 Å². The molecule has 0 atom stereocenters. The number of carboxylic acid groups (broad SMARTS) is 1. The van der Waals surface area contributed by atoms with Crippen LogP contribution in [0.4, 0.5) is 0 Å². The number of hydrogen-bond donors (Lipinski definition) is 2. The zero-order valence-corrected chi connectivity index (χ0v) is 10.5. The van der Waals surface area contributed by atoms with Gasteiger partial charge in [0, 0.05) is 33.0 Å². The number of aliphatic hydroxyl groups is 1. The number of aliphatic carboxylic acids is 1. The van der Waals surface area contributed by atoms with E-state index in [1.807, 2.05) is 0 Å². The Morgan fingerprint density at radius 1 is 1.00 bits per heavy atom. The maximum absolute atomic E-state index is 11.6. The monoisotopic (exact) mass is 245 g/mol. The van der Waals surface area contributed by atoms with Gasteiger partial charge in [-0.1, -0.05) is 0 Å². The molecule has 1 amide bonds. The molecule has 2 N–H and O–H groups in total. The first kappa shape index (κ1) is 15.9. The lowest BCUT2D eigenvalue weighted by atomic mass is 10.1. The van der Waals surface area contributed by atoms with Crippen LogP contribution in [0.1, 0.15) is 44.9 Å². The summed E-state index contributed by atoms with van der Waals surface area (Å²) in [7, 11) is 1.76. The molecule has 0 rings (SSSR count). The van der Waals surface area contributed by atoms with E-state index in [0.29, 0.717) is 25.8 Å². The van der Waals surface area contributed by atoms with E-state index in [1.165, 1.54) is 0 Å². The lowest BCUT2D eigenvalue weighted by Gasteiger charge is -2.16. The molecule has 17 heavy (non-hydrogen) atoms. The minimum absolute atomic E-state index is 0.0689. The summed E-state index contributed by atoms with van der Waals surface area (Å²) in [4.78, 5) is 23.5. The molecule has 0 fully saturated rings. The summed E-state index contributed by atoms with van der Waals surface area (Å²) >= 11 is 0. The summed E-state index contributed by atoms with van der Waals surface area (Å²) in [6, 6.07) is 0. The number of unbranched alkanes of at least 4 members (excludes halogenated alkanes) is 3. The van der Waals surface area contributed by atoms with Crippen molar-refractivity contribution >= 4 is 11.9 Å². The molecule has 0 bridgehead atoms. The molecule has 100 valence electrons. The van der Waals surface area contributed by atoms with Crippen LogP contribution in [0.15, 0.2) is 0 Å². The molecule has 0 aliphatic rings. The largest absolute Gasteiger partial charge is 0.481 e. The van der Waals surface area contributed by atoms with E-state index in [4.69, 9.17) is 10.2 Å². The number of aliphatic hydroxyl groups excluding tert-OH is 1. The first-order valence-electron chi connectivity index (χ1n) is 6.14. The number of nitrogens with zero attached hydrogens (tertiary/aromatic N) is 1. The molecule has 0 unspecified atom stereocenters. The summed E-state index contributed by atoms with van der Waals surface area (Å²) in [6.07, 6.45) is 4.34. The molecule has 0 aromatic carbocycles. The van der Waals surface area contributed by atoms with E-state index >= 15 is 0 Å². The highest BCUT2D eigenvalue weighted by molar-refractivity contribution is 5.75. The van der Waals surface area contributed by atoms with E-state index < -0.39 is 5.97 Å². The molecule has 0 saturated heterocycles. The summed E-state index contributed by atoms with van der Waals surface area (Å²) < 4.78 is 0. The molecule has 0 aromatic rings. The fourth-order valence-electron chi connectivity index (χ4n) is 1.51. The van der Waals surface area contributed by atoms with Crippen molar-refractivity contribution in [3.05, 3.63) is 0 Å². The number of amides is 1. The first-order valence-corrected chi connectivity index (χ1v) is 6.14. The maximum atomic E-state index is 11.6. The van der Waals surface area contributed by atoms with Crippen LogP contribution in [0.3, 0.4) is 0 Å². The van der Waals surface area contributed by atoms with Gasteiger partial charge in [-0.15, -0.1) is 0 Å². The van der Waals surface area contributed by atoms with Gasteiger partial charge < -0.3 is 15.1 Å². The van der Waals surface area contributed by atoms with Gasteiger partial charge in [0.15, 0.2) is 0 Å². The second kappa shape index (κ2) is 10.1. The van der Waals surface area contributed by atoms with Crippen molar-refractivity contribution in [3.63, 3.8) is 0 Å². The zero-order valence-electron chi connectivity index (χ0n) is 10.5. The predicted molar refractivity (Wildman–Crippen MR) is 64.7 cm³/mol. The highest BCUT2D eigenvalue weighted by Crippen LogP contribution is 2.04. The fourth-order valence-corrected chi connectivity index (χ4v) is 1.51. The summed E-state index contributed by atoms with van der Waals surface area (Å²) in [5.74, 6) is -0.741. The van der Waals surface area contributed by atoms with Crippen molar-refractivity contribution in [3.8, 4) is 0 Å². The van der Waals surface area contributed by atoms with Crippen LogP contribution in [-0.2, 0) is 9.59 Å². The van der Waals surface area contributed by atoms with Crippen molar-refractivity contribution in [2.45, 2.75) is 44.9 Å². The second-order valence-corrected chi connectivity index (χ2v) is 4.20. The van der Waals surface area contributed by atoms with Crippen molar-refractivity contribution in [1.82, 2.24) is 4.90 Å². The quantitative estimate of drug-likeness (QED) is 0.568. The third-order valence-electron chi connectivity index (χ3n) is 2.61. The Hall–Kier alpha value is -1.10. The first-order chi connectivity index (χ1) is 8.07. The van der Waals surface area contributed by atoms with E-state index in [1.54, 1.807) is 11.9 Å². The number of carbonyl (C=O) groups is 2. The third-order valence-corrected chi connectivity index (χ3v) is 2.61. The van der Waals surface area contributed by atoms with E-state index in [9.17, 15) is 9.59 Å². The Morgan fingerprint density at radius 3 is 2.24 bits per heavy atom. The minimum Gasteiger partial charge on any atom is -0.481 e. The standard InChI is InChI=1S/C12H23NO4/c1-13(9-5-2-6-10-14)11(15)7-3-4-8-12(16)17/h14H,2-10H2,1H3,(H,16,17). The maximum Gasteiger partial charge on any atom is 0.303 e. The molecule has 0 aliphatic heterocycles. The van der Waals surface area contributed by atoms with Gasteiger partial charge in [-0.3, -0.25) is 9.59 Å². The molecule has 5 nitrogen and oxygen atoms in total. The highest BCUT2D eigenvalue weighted by atomic mass is 16.4. The fraction of sp³-hybridized carbons (Fsp3) is 0.833. The topological polar surface area (TPSA) is 77.8 Å². The van der Waals surface area contributed by atoms with Crippen LogP contribution < -0.4 is 0 Å². The van der Waals surface area contributed by atoms with Crippen molar-refractivity contribution in [1.29, 1.82) is 0 Å². The van der Waals surface area contributed by atoms with Gasteiger partial charge in [-0.2, -0.15) is 0 Å². The average Bonchev–Trinajstić information content (AvgIpc) is 2.29. The average molecular weight is 245 g/mol. The van der Waals surface area contributed by atoms with Crippen LogP contribution in [0.2, 0.25) is 0 Å². The number of rotatable bonds is 10.